The van der Waals surface area contributed by atoms with Crippen LogP contribution in [0.15, 0.2) is 71.6 Å². The average molecular weight is 597 g/mol. The summed E-state index contributed by atoms with van der Waals surface area (Å²) in [6, 6.07) is 16.8. The number of amides is 2. The molecule has 0 bridgehead atoms. The molecule has 0 aliphatic carbocycles. The van der Waals surface area contributed by atoms with Gasteiger partial charge >= 0.3 is 0 Å². The Morgan fingerprint density at radius 2 is 1.55 bits per heavy atom. The van der Waals surface area contributed by atoms with E-state index in [0.29, 0.717) is 17.1 Å². The first-order chi connectivity index (χ1) is 18.0. The minimum absolute atomic E-state index is 0.0154. The first-order valence-electron chi connectivity index (χ1n) is 11.8. The normalized spacial score (nSPS) is 12.1. The van der Waals surface area contributed by atoms with E-state index >= 15 is 0 Å². The maximum atomic E-state index is 13.8. The largest absolute Gasteiger partial charge is 0.355 e. The first kappa shape index (κ1) is 29.8. The van der Waals surface area contributed by atoms with Gasteiger partial charge in [-0.15, -0.1) is 0 Å². The summed E-state index contributed by atoms with van der Waals surface area (Å²) in [4.78, 5) is 27.9. The van der Waals surface area contributed by atoms with Crippen LogP contribution in [0.4, 0.5) is 5.69 Å². The summed E-state index contributed by atoms with van der Waals surface area (Å²) >= 11 is 19.0. The molecule has 1 N–H and O–H groups in total. The zero-order valence-electron chi connectivity index (χ0n) is 21.1. The molecular weight excluding hydrogens is 569 g/mol. The van der Waals surface area contributed by atoms with Crippen molar-refractivity contribution in [2.45, 2.75) is 38.3 Å². The van der Waals surface area contributed by atoms with Crippen molar-refractivity contribution < 1.29 is 18.0 Å². The van der Waals surface area contributed by atoms with Gasteiger partial charge in [-0.3, -0.25) is 13.9 Å². The lowest BCUT2D eigenvalue weighted by Crippen LogP contribution is -2.51. The predicted octanol–water partition coefficient (Wildman–Crippen LogP) is 5.70. The monoisotopic (exact) mass is 595 g/mol. The van der Waals surface area contributed by atoms with Gasteiger partial charge in [0.1, 0.15) is 12.6 Å². The van der Waals surface area contributed by atoms with Gasteiger partial charge in [-0.25, -0.2) is 8.42 Å². The molecule has 0 saturated heterocycles. The highest BCUT2D eigenvalue weighted by Crippen LogP contribution is 2.35. The van der Waals surface area contributed by atoms with E-state index in [2.05, 4.69) is 5.32 Å². The van der Waals surface area contributed by atoms with E-state index < -0.39 is 28.5 Å². The molecule has 202 valence electrons. The quantitative estimate of drug-likeness (QED) is 0.325. The lowest BCUT2D eigenvalue weighted by molar-refractivity contribution is -0.139. The van der Waals surface area contributed by atoms with E-state index in [1.165, 1.54) is 29.2 Å². The van der Waals surface area contributed by atoms with Crippen LogP contribution >= 0.6 is 34.8 Å². The number of sulfonamides is 1. The molecule has 3 aromatic carbocycles. The predicted molar refractivity (Wildman–Crippen MR) is 152 cm³/mol. The van der Waals surface area contributed by atoms with Crippen molar-refractivity contribution in [3.63, 3.8) is 0 Å². The minimum Gasteiger partial charge on any atom is -0.355 e. The van der Waals surface area contributed by atoms with E-state index in [9.17, 15) is 18.0 Å². The van der Waals surface area contributed by atoms with Crippen LogP contribution in [0.3, 0.4) is 0 Å². The molecule has 11 heteroatoms. The molecule has 0 radical (unpaired) electrons. The van der Waals surface area contributed by atoms with Gasteiger partial charge in [-0.05, 0) is 56.7 Å². The van der Waals surface area contributed by atoms with Crippen molar-refractivity contribution in [2.75, 3.05) is 17.4 Å². The highest BCUT2D eigenvalue weighted by molar-refractivity contribution is 7.92. The molecule has 0 aliphatic rings. The highest BCUT2D eigenvalue weighted by Gasteiger charge is 2.33. The summed E-state index contributed by atoms with van der Waals surface area (Å²) in [6.45, 7) is 4.89. The Hall–Kier alpha value is -2.78. The summed E-state index contributed by atoms with van der Waals surface area (Å²) in [6.07, 6.45) is 0. The molecule has 38 heavy (non-hydrogen) atoms. The van der Waals surface area contributed by atoms with E-state index in [-0.39, 0.29) is 33.1 Å². The van der Waals surface area contributed by atoms with Crippen molar-refractivity contribution in [1.29, 1.82) is 0 Å². The molecule has 0 spiro atoms. The summed E-state index contributed by atoms with van der Waals surface area (Å²) < 4.78 is 28.6. The number of hydrogen-bond donors (Lipinski definition) is 1. The second kappa shape index (κ2) is 12.8. The number of aryl methyl sites for hydroxylation is 1. The van der Waals surface area contributed by atoms with Crippen molar-refractivity contribution in [2.24, 2.45) is 0 Å². The number of rotatable bonds is 10. The number of anilines is 1. The number of carbonyl (C=O) groups excluding carboxylic acids is 2. The van der Waals surface area contributed by atoms with Crippen LogP contribution < -0.4 is 9.62 Å². The molecule has 0 aliphatic heterocycles. The fourth-order valence-corrected chi connectivity index (χ4v) is 5.82. The third-order valence-corrected chi connectivity index (χ3v) is 8.86. The van der Waals surface area contributed by atoms with Crippen molar-refractivity contribution in [3.8, 4) is 0 Å². The van der Waals surface area contributed by atoms with E-state index in [4.69, 9.17) is 34.8 Å². The van der Waals surface area contributed by atoms with E-state index in [0.717, 1.165) is 9.87 Å². The van der Waals surface area contributed by atoms with Crippen molar-refractivity contribution in [1.82, 2.24) is 10.2 Å². The zero-order chi connectivity index (χ0) is 28.0. The van der Waals surface area contributed by atoms with Gasteiger partial charge in [0.15, 0.2) is 0 Å². The van der Waals surface area contributed by atoms with E-state index in [1.54, 1.807) is 56.3 Å². The Morgan fingerprint density at radius 1 is 0.921 bits per heavy atom. The van der Waals surface area contributed by atoms with Crippen LogP contribution in [0.2, 0.25) is 15.1 Å². The molecule has 2 amide bonds. The first-order valence-corrected chi connectivity index (χ1v) is 14.4. The lowest BCUT2D eigenvalue weighted by atomic mass is 10.1. The standard InChI is InChI=1S/C27H28Cl3N3O4S/c1-4-31-27(35)19(3)32(16-20-8-5-6-9-22(20)28)25(34)17-33(24-11-7-10-23(29)26(24)30)38(36,37)21-14-12-18(2)13-15-21/h5-15,19H,4,16-17H2,1-3H3,(H,31,35)/t19-/m0/s1. The van der Waals surface area contributed by atoms with Gasteiger partial charge in [0, 0.05) is 18.1 Å². The highest BCUT2D eigenvalue weighted by atomic mass is 35.5. The van der Waals surface area contributed by atoms with Gasteiger partial charge in [-0.2, -0.15) is 0 Å². The van der Waals surface area contributed by atoms with E-state index in [1.807, 2.05) is 6.92 Å². The molecule has 0 fully saturated rings. The Morgan fingerprint density at radius 3 is 2.18 bits per heavy atom. The fourth-order valence-electron chi connectivity index (χ4n) is 3.75. The van der Waals surface area contributed by atoms with Gasteiger partial charge in [0.05, 0.1) is 20.6 Å². The second-order valence-electron chi connectivity index (χ2n) is 8.58. The number of nitrogens with zero attached hydrogens (tertiary/aromatic N) is 2. The summed E-state index contributed by atoms with van der Waals surface area (Å²) in [5.74, 6) is -1.02. The molecule has 0 aromatic heterocycles. The van der Waals surface area contributed by atoms with Crippen LogP contribution in [0.1, 0.15) is 25.0 Å². The number of carbonyl (C=O) groups is 2. The number of likely N-dealkylation sites (N-methyl/N-ethyl adjacent to an activating group) is 1. The number of nitrogens with one attached hydrogen (secondary N) is 1. The van der Waals surface area contributed by atoms with Crippen molar-refractivity contribution in [3.05, 3.63) is 92.9 Å². The molecule has 0 heterocycles. The molecular formula is C27H28Cl3N3O4S. The molecule has 0 saturated carbocycles. The number of benzene rings is 3. The fraction of sp³-hybridized carbons (Fsp3) is 0.259. The Balaban J connectivity index is 2.09. The summed E-state index contributed by atoms with van der Waals surface area (Å²) in [7, 11) is -4.26. The Labute approximate surface area is 238 Å². The number of hydrogen-bond acceptors (Lipinski definition) is 4. The SMILES string of the molecule is CCNC(=O)[C@H](C)N(Cc1ccccc1Cl)C(=O)CN(c1cccc(Cl)c1Cl)S(=O)(=O)c1ccc(C)cc1. The van der Waals surface area contributed by atoms with Gasteiger partial charge < -0.3 is 10.2 Å². The average Bonchev–Trinajstić information content (AvgIpc) is 2.88. The second-order valence-corrected chi connectivity index (χ2v) is 11.6. The zero-order valence-corrected chi connectivity index (χ0v) is 24.2. The third kappa shape index (κ3) is 6.80. The lowest BCUT2D eigenvalue weighted by Gasteiger charge is -2.32. The molecule has 7 nitrogen and oxygen atoms in total. The summed E-state index contributed by atoms with van der Waals surface area (Å²) in [5, 5.41) is 3.23. The van der Waals surface area contributed by atoms with Crippen LogP contribution in [0, 0.1) is 6.92 Å². The topological polar surface area (TPSA) is 86.8 Å². The Kier molecular flexibility index (Phi) is 10.1. The third-order valence-electron chi connectivity index (χ3n) is 5.90. The molecule has 3 aromatic rings. The molecule has 3 rings (SSSR count). The van der Waals surface area contributed by atoms with Gasteiger partial charge in [0.2, 0.25) is 11.8 Å². The smallest absolute Gasteiger partial charge is 0.264 e. The molecule has 1 atom stereocenters. The van der Waals surface area contributed by atoms with Gasteiger partial charge in [-0.1, -0.05) is 76.8 Å². The minimum atomic E-state index is -4.26. The van der Waals surface area contributed by atoms with Crippen molar-refractivity contribution >= 4 is 62.3 Å². The van der Waals surface area contributed by atoms with Crippen LogP contribution in [-0.4, -0.2) is 44.3 Å². The van der Waals surface area contributed by atoms with Gasteiger partial charge in [0.25, 0.3) is 10.0 Å². The molecule has 0 unspecified atom stereocenters. The van der Waals surface area contributed by atoms with Crippen LogP contribution in [0.5, 0.6) is 0 Å². The number of halogens is 3. The summed E-state index contributed by atoms with van der Waals surface area (Å²) in [5.41, 5.74) is 1.51. The maximum absolute atomic E-state index is 13.8. The Bertz CT molecular complexity index is 1420. The van der Waals surface area contributed by atoms with Crippen LogP contribution in [-0.2, 0) is 26.2 Å². The maximum Gasteiger partial charge on any atom is 0.264 e. The van der Waals surface area contributed by atoms with Crippen LogP contribution in [0.25, 0.3) is 0 Å².